The number of aryl methyl sites for hydroxylation is 1. The van der Waals surface area contributed by atoms with Crippen LogP contribution in [0.2, 0.25) is 0 Å². The molecule has 1 aromatic heterocycles. The molecule has 7 nitrogen and oxygen atoms in total. The summed E-state index contributed by atoms with van der Waals surface area (Å²) in [6, 6.07) is 28.4. The van der Waals surface area contributed by atoms with Crippen LogP contribution >= 0.6 is 0 Å². The van der Waals surface area contributed by atoms with E-state index in [9.17, 15) is 14.7 Å². The molecule has 0 spiro atoms. The average Bonchev–Trinajstić information content (AvgIpc) is 3.55. The zero-order chi connectivity index (χ0) is 30.5. The number of rotatable bonds is 11. The molecule has 0 aliphatic carbocycles. The number of carboxylic acids is 1. The Balaban J connectivity index is 1.38. The molecule has 0 atom stereocenters. The van der Waals surface area contributed by atoms with Crippen molar-refractivity contribution < 1.29 is 23.8 Å². The van der Waals surface area contributed by atoms with E-state index in [2.05, 4.69) is 4.90 Å². The van der Waals surface area contributed by atoms with Crippen LogP contribution < -0.4 is 15.1 Å². The van der Waals surface area contributed by atoms with Gasteiger partial charge in [0.1, 0.15) is 30.3 Å². The smallest absolute Gasteiger partial charge is 0.344 e. The van der Waals surface area contributed by atoms with Crippen LogP contribution in [0, 0.1) is 6.92 Å². The number of carbonyl (C=O) groups is 1. The van der Waals surface area contributed by atoms with E-state index in [0.717, 1.165) is 47.6 Å². The minimum Gasteiger partial charge on any atom is -0.492 e. The fraction of sp³-hybridized carbons (Fsp3) is 0.243. The summed E-state index contributed by atoms with van der Waals surface area (Å²) in [4.78, 5) is 28.7. The van der Waals surface area contributed by atoms with Crippen molar-refractivity contribution in [2.24, 2.45) is 0 Å². The largest absolute Gasteiger partial charge is 0.492 e. The first-order valence-electron chi connectivity index (χ1n) is 15.0. The minimum absolute atomic E-state index is 0.00209. The second kappa shape index (κ2) is 13.2. The van der Waals surface area contributed by atoms with Crippen molar-refractivity contribution in [2.75, 3.05) is 26.2 Å². The monoisotopic (exact) mass is 589 g/mol. The normalized spacial score (nSPS) is 13.3. The summed E-state index contributed by atoms with van der Waals surface area (Å²) in [6.45, 7) is 5.94. The number of fused-ring (bicyclic) bond motifs is 1. The van der Waals surface area contributed by atoms with E-state index >= 15 is 0 Å². The third kappa shape index (κ3) is 6.38. The number of hydrogen-bond acceptors (Lipinski definition) is 6. The van der Waals surface area contributed by atoms with Crippen LogP contribution in [0.25, 0.3) is 22.1 Å². The quantitative estimate of drug-likeness (QED) is 0.164. The Morgan fingerprint density at radius 2 is 1.59 bits per heavy atom. The van der Waals surface area contributed by atoms with E-state index in [4.69, 9.17) is 13.9 Å². The van der Waals surface area contributed by atoms with Crippen LogP contribution in [-0.2, 0) is 13.0 Å². The lowest BCUT2D eigenvalue weighted by Crippen LogP contribution is -2.25. The first-order valence-corrected chi connectivity index (χ1v) is 15.0. The van der Waals surface area contributed by atoms with Crippen LogP contribution in [0.4, 0.5) is 0 Å². The van der Waals surface area contributed by atoms with Crippen LogP contribution in [0.1, 0.15) is 45.5 Å². The van der Waals surface area contributed by atoms with E-state index in [1.165, 1.54) is 12.8 Å². The fourth-order valence-corrected chi connectivity index (χ4v) is 5.88. The predicted molar refractivity (Wildman–Crippen MR) is 171 cm³/mol. The lowest BCUT2D eigenvalue weighted by molar-refractivity contribution is 0.0692. The third-order valence-electron chi connectivity index (χ3n) is 8.19. The van der Waals surface area contributed by atoms with Gasteiger partial charge in [0.2, 0.25) is 0 Å². The molecule has 5 aromatic rings. The second-order valence-corrected chi connectivity index (χ2v) is 11.2. The molecule has 2 heterocycles. The maximum absolute atomic E-state index is 13.7. The molecular weight excluding hydrogens is 554 g/mol. The Bertz CT molecular complexity index is 1820. The molecule has 4 aromatic carbocycles. The van der Waals surface area contributed by atoms with Crippen molar-refractivity contribution in [1.82, 2.24) is 4.90 Å². The second-order valence-electron chi connectivity index (χ2n) is 11.2. The van der Waals surface area contributed by atoms with Crippen molar-refractivity contribution in [2.45, 2.75) is 32.8 Å². The molecule has 1 N–H and O–H groups in total. The Labute approximate surface area is 256 Å². The molecular formula is C37H35NO6. The van der Waals surface area contributed by atoms with Crippen LogP contribution in [0.15, 0.2) is 100 Å². The molecule has 0 bridgehead atoms. The first-order chi connectivity index (χ1) is 21.5. The van der Waals surface area contributed by atoms with Gasteiger partial charge in [-0.25, -0.2) is 9.59 Å². The van der Waals surface area contributed by atoms with Gasteiger partial charge in [0.25, 0.3) is 0 Å². The van der Waals surface area contributed by atoms with E-state index in [1.807, 2.05) is 85.8 Å². The van der Waals surface area contributed by atoms with Crippen LogP contribution in [0.5, 0.6) is 11.5 Å². The minimum atomic E-state index is -1.23. The number of carboxylic acid groups (broad SMARTS) is 1. The summed E-state index contributed by atoms with van der Waals surface area (Å²) in [6.07, 6.45) is 2.90. The van der Waals surface area contributed by atoms with Gasteiger partial charge in [0.05, 0.1) is 5.56 Å². The summed E-state index contributed by atoms with van der Waals surface area (Å²) >= 11 is 0. The van der Waals surface area contributed by atoms with Gasteiger partial charge in [-0.3, -0.25) is 4.90 Å². The van der Waals surface area contributed by atoms with E-state index in [-0.39, 0.29) is 23.5 Å². The molecule has 0 saturated carbocycles. The predicted octanol–water partition coefficient (Wildman–Crippen LogP) is 7.11. The summed E-state index contributed by atoms with van der Waals surface area (Å²) in [5, 5.41) is 10.8. The number of nitrogens with zero attached hydrogens (tertiary/aromatic N) is 1. The maximum atomic E-state index is 13.7. The zero-order valence-electron chi connectivity index (χ0n) is 24.8. The molecule has 1 fully saturated rings. The van der Waals surface area contributed by atoms with Crippen molar-refractivity contribution >= 4 is 16.9 Å². The van der Waals surface area contributed by atoms with Gasteiger partial charge in [-0.1, -0.05) is 66.7 Å². The van der Waals surface area contributed by atoms with E-state index < -0.39 is 11.6 Å². The molecule has 1 aliphatic rings. The summed E-state index contributed by atoms with van der Waals surface area (Å²) in [5.74, 6) is -0.299. The highest BCUT2D eigenvalue weighted by Crippen LogP contribution is 2.36. The molecule has 6 rings (SSSR count). The van der Waals surface area contributed by atoms with Crippen molar-refractivity contribution in [1.29, 1.82) is 0 Å². The van der Waals surface area contributed by atoms with Crippen molar-refractivity contribution in [3.05, 3.63) is 129 Å². The molecule has 1 saturated heterocycles. The number of aromatic carboxylic acids is 1. The lowest BCUT2D eigenvalue weighted by atomic mass is 9.90. The molecule has 1 aliphatic heterocycles. The number of ether oxygens (including phenoxy) is 2. The fourth-order valence-electron chi connectivity index (χ4n) is 5.88. The summed E-state index contributed by atoms with van der Waals surface area (Å²) < 4.78 is 17.8. The first kappa shape index (κ1) is 29.2. The van der Waals surface area contributed by atoms with Crippen LogP contribution in [0.3, 0.4) is 0 Å². The SMILES string of the molecule is Cc1ccccc1-c1c(Cc2ccc(OCCN3CCCC3)cc2)c2ccc(OCc3ccccc3)c(C(=O)O)c2oc1=O. The van der Waals surface area contributed by atoms with Gasteiger partial charge < -0.3 is 19.0 Å². The molecule has 0 radical (unpaired) electrons. The number of likely N-dealkylation sites (tertiary alicyclic amines) is 1. The Hall–Kier alpha value is -4.88. The molecule has 7 heteroatoms. The third-order valence-corrected chi connectivity index (χ3v) is 8.19. The summed E-state index contributed by atoms with van der Waals surface area (Å²) in [5.41, 5.74) is 3.89. The van der Waals surface area contributed by atoms with Gasteiger partial charge in [-0.05, 0) is 91.4 Å². The highest BCUT2D eigenvalue weighted by atomic mass is 16.5. The van der Waals surface area contributed by atoms with Gasteiger partial charge in [-0.15, -0.1) is 0 Å². The van der Waals surface area contributed by atoms with Gasteiger partial charge >= 0.3 is 11.6 Å². The van der Waals surface area contributed by atoms with E-state index in [0.29, 0.717) is 29.5 Å². The van der Waals surface area contributed by atoms with E-state index in [1.54, 1.807) is 12.1 Å². The van der Waals surface area contributed by atoms with Gasteiger partial charge in [0, 0.05) is 11.9 Å². The van der Waals surface area contributed by atoms with Crippen molar-refractivity contribution in [3.8, 4) is 22.6 Å². The zero-order valence-corrected chi connectivity index (χ0v) is 24.8. The van der Waals surface area contributed by atoms with Gasteiger partial charge in [0.15, 0.2) is 5.58 Å². The molecule has 0 unspecified atom stereocenters. The Morgan fingerprint density at radius 3 is 2.32 bits per heavy atom. The van der Waals surface area contributed by atoms with Crippen LogP contribution in [-0.4, -0.2) is 42.2 Å². The Morgan fingerprint density at radius 1 is 0.864 bits per heavy atom. The number of hydrogen-bond donors (Lipinski definition) is 1. The number of benzene rings is 4. The van der Waals surface area contributed by atoms with Gasteiger partial charge in [-0.2, -0.15) is 0 Å². The summed E-state index contributed by atoms with van der Waals surface area (Å²) in [7, 11) is 0. The lowest BCUT2D eigenvalue weighted by Gasteiger charge is -2.17. The molecule has 44 heavy (non-hydrogen) atoms. The van der Waals surface area contributed by atoms with Crippen molar-refractivity contribution in [3.63, 3.8) is 0 Å². The Kier molecular flexibility index (Phi) is 8.75. The standard InChI is InChI=1S/C37H35NO6/c1-25-9-5-6-12-29(25)33-31(23-26-13-15-28(16-14-26)42-22-21-38-19-7-8-20-38)30-17-18-32(43-24-27-10-3-2-4-11-27)34(36(39)40)35(30)44-37(33)41/h2-6,9-18H,7-8,19-24H2,1H3,(H,39,40). The molecule has 224 valence electrons. The highest BCUT2D eigenvalue weighted by molar-refractivity contribution is 6.05. The molecule has 0 amide bonds. The maximum Gasteiger partial charge on any atom is 0.344 e. The average molecular weight is 590 g/mol. The topological polar surface area (TPSA) is 89.2 Å². The highest BCUT2D eigenvalue weighted by Gasteiger charge is 2.25.